The van der Waals surface area contributed by atoms with Gasteiger partial charge in [0.05, 0.1) is 12.3 Å². The summed E-state index contributed by atoms with van der Waals surface area (Å²) in [6.07, 6.45) is 1.39. The number of hydrogen-bond donors (Lipinski definition) is 1. The highest BCUT2D eigenvalue weighted by molar-refractivity contribution is 4.93. The first-order valence-corrected chi connectivity index (χ1v) is 2.50. The van der Waals surface area contributed by atoms with Crippen molar-refractivity contribution < 1.29 is 9.47 Å². The molecule has 1 aliphatic heterocycles. The molecule has 0 aromatic rings. The second-order valence-electron chi connectivity index (χ2n) is 1.71. The molecule has 0 aromatic carbocycles. The third kappa shape index (κ3) is 1.13. The molecule has 1 rings (SSSR count). The number of rotatable bonds is 0. The Balaban J connectivity index is 2.42. The minimum Gasteiger partial charge on any atom is -0.471 e. The SMILES string of the molecule is CC1OC=C(N)CO1. The van der Waals surface area contributed by atoms with Crippen molar-refractivity contribution in [3.63, 3.8) is 0 Å². The second-order valence-corrected chi connectivity index (χ2v) is 1.71. The topological polar surface area (TPSA) is 44.5 Å². The molecule has 8 heavy (non-hydrogen) atoms. The molecule has 0 amide bonds. The smallest absolute Gasteiger partial charge is 0.196 e. The summed E-state index contributed by atoms with van der Waals surface area (Å²) in [5.41, 5.74) is 5.95. The Morgan fingerprint density at radius 2 is 2.62 bits per heavy atom. The van der Waals surface area contributed by atoms with Crippen molar-refractivity contribution in [2.45, 2.75) is 13.2 Å². The van der Waals surface area contributed by atoms with Crippen LogP contribution < -0.4 is 5.73 Å². The lowest BCUT2D eigenvalue weighted by molar-refractivity contribution is -0.102. The average molecular weight is 115 g/mol. The predicted molar refractivity (Wildman–Crippen MR) is 28.8 cm³/mol. The summed E-state index contributed by atoms with van der Waals surface area (Å²) in [5.74, 6) is 0. The monoisotopic (exact) mass is 115 g/mol. The first-order valence-electron chi connectivity index (χ1n) is 2.50. The van der Waals surface area contributed by atoms with E-state index in [0.29, 0.717) is 12.3 Å². The predicted octanol–water partition coefficient (Wildman–Crippen LogP) is 0.179. The zero-order valence-corrected chi connectivity index (χ0v) is 4.76. The Kier molecular flexibility index (Phi) is 1.39. The fourth-order valence-electron chi connectivity index (χ4n) is 0.470. The lowest BCUT2D eigenvalue weighted by atomic mass is 10.5. The summed E-state index contributed by atoms with van der Waals surface area (Å²) in [6.45, 7) is 2.31. The van der Waals surface area contributed by atoms with Crippen LogP contribution >= 0.6 is 0 Å². The van der Waals surface area contributed by atoms with E-state index < -0.39 is 0 Å². The molecule has 0 aromatic heterocycles. The van der Waals surface area contributed by atoms with E-state index in [1.54, 1.807) is 0 Å². The molecule has 3 heteroatoms. The van der Waals surface area contributed by atoms with E-state index in [1.807, 2.05) is 6.92 Å². The third-order valence-corrected chi connectivity index (χ3v) is 0.896. The van der Waals surface area contributed by atoms with E-state index in [2.05, 4.69) is 0 Å². The quantitative estimate of drug-likeness (QED) is 0.489. The van der Waals surface area contributed by atoms with E-state index in [4.69, 9.17) is 15.2 Å². The molecule has 1 aliphatic rings. The molecule has 1 atom stereocenters. The van der Waals surface area contributed by atoms with Crippen LogP contribution in [0.4, 0.5) is 0 Å². The van der Waals surface area contributed by atoms with Crippen LogP contribution in [0.5, 0.6) is 0 Å². The fraction of sp³-hybridized carbons (Fsp3) is 0.600. The lowest BCUT2D eigenvalue weighted by Gasteiger charge is -2.17. The number of hydrogen-bond acceptors (Lipinski definition) is 3. The molecule has 1 heterocycles. The Hall–Kier alpha value is -0.700. The van der Waals surface area contributed by atoms with E-state index in [1.165, 1.54) is 6.26 Å². The van der Waals surface area contributed by atoms with Gasteiger partial charge in [0.25, 0.3) is 0 Å². The van der Waals surface area contributed by atoms with Gasteiger partial charge in [0.1, 0.15) is 6.26 Å². The summed E-state index contributed by atoms with van der Waals surface area (Å²) in [7, 11) is 0. The first kappa shape index (κ1) is 5.44. The van der Waals surface area contributed by atoms with Crippen molar-refractivity contribution in [2.24, 2.45) is 5.73 Å². The van der Waals surface area contributed by atoms with Crippen LogP contribution in [0.2, 0.25) is 0 Å². The normalized spacial score (nSPS) is 28.6. The van der Waals surface area contributed by atoms with Gasteiger partial charge in [0.2, 0.25) is 0 Å². The molecular weight excluding hydrogens is 106 g/mol. The minimum atomic E-state index is -0.137. The summed E-state index contributed by atoms with van der Waals surface area (Å²) < 4.78 is 9.86. The van der Waals surface area contributed by atoms with Crippen molar-refractivity contribution >= 4 is 0 Å². The molecule has 0 fully saturated rings. The van der Waals surface area contributed by atoms with Crippen molar-refractivity contribution in [1.29, 1.82) is 0 Å². The van der Waals surface area contributed by atoms with Crippen molar-refractivity contribution in [2.75, 3.05) is 6.61 Å². The molecule has 2 N–H and O–H groups in total. The van der Waals surface area contributed by atoms with Crippen LogP contribution in [-0.2, 0) is 9.47 Å². The molecule has 0 aliphatic carbocycles. The van der Waals surface area contributed by atoms with Crippen molar-refractivity contribution in [3.05, 3.63) is 12.0 Å². The van der Waals surface area contributed by atoms with Gasteiger partial charge in [-0.1, -0.05) is 0 Å². The van der Waals surface area contributed by atoms with E-state index in [-0.39, 0.29) is 6.29 Å². The second kappa shape index (κ2) is 2.05. The van der Waals surface area contributed by atoms with Gasteiger partial charge in [0, 0.05) is 0 Å². The van der Waals surface area contributed by atoms with E-state index >= 15 is 0 Å². The molecule has 1 unspecified atom stereocenters. The third-order valence-electron chi connectivity index (χ3n) is 0.896. The summed E-state index contributed by atoms with van der Waals surface area (Å²) in [5, 5.41) is 0. The molecule has 0 saturated carbocycles. The van der Waals surface area contributed by atoms with E-state index in [9.17, 15) is 0 Å². The van der Waals surface area contributed by atoms with Crippen molar-refractivity contribution in [3.8, 4) is 0 Å². The standard InChI is InChI=1S/C5H9NO2/c1-4-7-2-5(6)3-8-4/h2,4H,3,6H2,1H3. The highest BCUT2D eigenvalue weighted by Crippen LogP contribution is 2.03. The van der Waals surface area contributed by atoms with Crippen LogP contribution in [0.15, 0.2) is 12.0 Å². The van der Waals surface area contributed by atoms with E-state index in [0.717, 1.165) is 0 Å². The van der Waals surface area contributed by atoms with Gasteiger partial charge >= 0.3 is 0 Å². The molecule has 0 spiro atoms. The zero-order valence-electron chi connectivity index (χ0n) is 4.76. The minimum absolute atomic E-state index is 0.137. The lowest BCUT2D eigenvalue weighted by Crippen LogP contribution is -2.20. The molecule has 0 saturated heterocycles. The maximum Gasteiger partial charge on any atom is 0.196 e. The van der Waals surface area contributed by atoms with Gasteiger partial charge < -0.3 is 15.2 Å². The van der Waals surface area contributed by atoms with Crippen LogP contribution in [0, 0.1) is 0 Å². The number of ether oxygens (including phenoxy) is 2. The maximum absolute atomic E-state index is 5.31. The number of nitrogens with two attached hydrogens (primary N) is 1. The Bertz CT molecular complexity index is 111. The van der Waals surface area contributed by atoms with Crippen LogP contribution in [0.1, 0.15) is 6.92 Å². The highest BCUT2D eigenvalue weighted by atomic mass is 16.7. The van der Waals surface area contributed by atoms with Gasteiger partial charge in [-0.2, -0.15) is 0 Å². The Labute approximate surface area is 48.1 Å². The summed E-state index contributed by atoms with van der Waals surface area (Å²) in [4.78, 5) is 0. The fourth-order valence-corrected chi connectivity index (χ4v) is 0.470. The Morgan fingerprint density at radius 3 is 3.00 bits per heavy atom. The molecule has 46 valence electrons. The first-order chi connectivity index (χ1) is 3.79. The van der Waals surface area contributed by atoms with Gasteiger partial charge in [-0.25, -0.2) is 0 Å². The largest absolute Gasteiger partial charge is 0.471 e. The highest BCUT2D eigenvalue weighted by Gasteiger charge is 2.06. The van der Waals surface area contributed by atoms with Gasteiger partial charge in [0.15, 0.2) is 6.29 Å². The summed E-state index contributed by atoms with van der Waals surface area (Å²) in [6, 6.07) is 0. The molecule has 0 bridgehead atoms. The summed E-state index contributed by atoms with van der Waals surface area (Å²) >= 11 is 0. The molecule has 0 radical (unpaired) electrons. The Morgan fingerprint density at radius 1 is 1.88 bits per heavy atom. The van der Waals surface area contributed by atoms with Gasteiger partial charge in [-0.3, -0.25) is 0 Å². The van der Waals surface area contributed by atoms with Gasteiger partial charge in [-0.05, 0) is 6.92 Å². The van der Waals surface area contributed by atoms with Crippen LogP contribution in [0.25, 0.3) is 0 Å². The molecule has 3 nitrogen and oxygen atoms in total. The van der Waals surface area contributed by atoms with Gasteiger partial charge in [-0.15, -0.1) is 0 Å². The van der Waals surface area contributed by atoms with Crippen LogP contribution in [-0.4, -0.2) is 12.9 Å². The zero-order chi connectivity index (χ0) is 5.98. The average Bonchev–Trinajstić information content (AvgIpc) is 1.77. The van der Waals surface area contributed by atoms with Crippen molar-refractivity contribution in [1.82, 2.24) is 0 Å². The molecular formula is C5H9NO2. The van der Waals surface area contributed by atoms with Crippen LogP contribution in [0.3, 0.4) is 0 Å². The maximum atomic E-state index is 5.31.